The molecule has 1 atom stereocenters. The molecule has 1 N–H and O–H groups in total. The van der Waals surface area contributed by atoms with Crippen LogP contribution < -0.4 is 19.7 Å². The highest BCUT2D eigenvalue weighted by Gasteiger charge is 2.30. The van der Waals surface area contributed by atoms with E-state index in [0.29, 0.717) is 11.5 Å². The van der Waals surface area contributed by atoms with Gasteiger partial charge in [0.1, 0.15) is 0 Å². The number of nitrogens with zero attached hydrogens (tertiary/aromatic N) is 1. The smallest absolute Gasteiger partial charge is 0.340 e. The van der Waals surface area contributed by atoms with Crippen LogP contribution in [0.5, 0.6) is 11.5 Å². The standard InChI is InChI=1S/C27H32N2O6/c1-17-12-13-18-8-6-7-11-22(18)29(17)25(30)16-35-27(32)20-14-23(33-2)24(34-3)15-21(20)28-26(31)19-9-4-5-10-19/h6-8,11,14-15,17,19H,4-5,9-10,12-13,16H2,1-3H3,(H,28,31). The first-order valence-corrected chi connectivity index (χ1v) is 12.1. The minimum Gasteiger partial charge on any atom is -0.493 e. The molecule has 0 aromatic heterocycles. The highest BCUT2D eigenvalue weighted by molar-refractivity contribution is 6.04. The van der Waals surface area contributed by atoms with Crippen molar-refractivity contribution in [2.45, 2.75) is 51.5 Å². The topological polar surface area (TPSA) is 94.2 Å². The number of fused-ring (bicyclic) bond motifs is 1. The molecule has 2 aromatic rings. The number of hydrogen-bond acceptors (Lipinski definition) is 6. The van der Waals surface area contributed by atoms with Crippen LogP contribution in [0.15, 0.2) is 36.4 Å². The second-order valence-corrected chi connectivity index (χ2v) is 9.08. The summed E-state index contributed by atoms with van der Waals surface area (Å²) in [5.41, 5.74) is 2.33. The van der Waals surface area contributed by atoms with Gasteiger partial charge in [-0.3, -0.25) is 9.59 Å². The Labute approximate surface area is 205 Å². The first kappa shape index (κ1) is 24.6. The Bertz CT molecular complexity index is 1110. The molecule has 2 aliphatic rings. The number of ether oxygens (including phenoxy) is 3. The van der Waals surface area contributed by atoms with Crippen LogP contribution in [0.3, 0.4) is 0 Å². The first-order chi connectivity index (χ1) is 16.9. The van der Waals surface area contributed by atoms with E-state index < -0.39 is 12.6 Å². The van der Waals surface area contributed by atoms with E-state index in [2.05, 4.69) is 5.32 Å². The zero-order chi connectivity index (χ0) is 24.9. The molecule has 2 amide bonds. The molecule has 1 aliphatic heterocycles. The fourth-order valence-electron chi connectivity index (χ4n) is 4.92. The van der Waals surface area contributed by atoms with Gasteiger partial charge in [-0.2, -0.15) is 0 Å². The molecule has 0 radical (unpaired) electrons. The van der Waals surface area contributed by atoms with Crippen molar-refractivity contribution in [2.24, 2.45) is 5.92 Å². The third-order valence-corrected chi connectivity index (χ3v) is 6.85. The van der Waals surface area contributed by atoms with E-state index in [9.17, 15) is 14.4 Å². The lowest BCUT2D eigenvalue weighted by atomic mass is 9.96. The van der Waals surface area contributed by atoms with Crippen LogP contribution in [-0.4, -0.2) is 44.7 Å². The summed E-state index contributed by atoms with van der Waals surface area (Å²) in [5.74, 6) is -0.550. The molecule has 8 heteroatoms. The molecule has 0 spiro atoms. The Morgan fingerprint density at radius 2 is 1.69 bits per heavy atom. The molecule has 1 aliphatic carbocycles. The molecule has 1 saturated carbocycles. The maximum atomic E-state index is 13.1. The van der Waals surface area contributed by atoms with E-state index in [1.54, 1.807) is 11.0 Å². The number of carbonyl (C=O) groups excluding carboxylic acids is 3. The van der Waals surface area contributed by atoms with Gasteiger partial charge >= 0.3 is 5.97 Å². The Balaban J connectivity index is 1.53. The molecular weight excluding hydrogens is 448 g/mol. The van der Waals surface area contributed by atoms with Crippen molar-refractivity contribution in [1.82, 2.24) is 0 Å². The van der Waals surface area contributed by atoms with Gasteiger partial charge in [-0.15, -0.1) is 0 Å². The van der Waals surface area contributed by atoms with Crippen molar-refractivity contribution < 1.29 is 28.6 Å². The lowest BCUT2D eigenvalue weighted by molar-refractivity contribution is -0.122. The zero-order valence-corrected chi connectivity index (χ0v) is 20.5. The predicted octanol–water partition coefficient (Wildman–Crippen LogP) is 4.36. The number of hydrogen-bond donors (Lipinski definition) is 1. The molecule has 2 aromatic carbocycles. The first-order valence-electron chi connectivity index (χ1n) is 12.1. The van der Waals surface area contributed by atoms with E-state index in [4.69, 9.17) is 14.2 Å². The van der Waals surface area contributed by atoms with Crippen LogP contribution in [-0.2, 0) is 20.7 Å². The SMILES string of the molecule is COc1cc(NC(=O)C2CCCC2)c(C(=O)OCC(=O)N2c3ccccc3CCC2C)cc1OC. The Morgan fingerprint density at radius 1 is 1.00 bits per heavy atom. The molecular formula is C27H32N2O6. The van der Waals surface area contributed by atoms with Gasteiger partial charge in [0.15, 0.2) is 18.1 Å². The number of carbonyl (C=O) groups is 3. The summed E-state index contributed by atoms with van der Waals surface area (Å²) in [6.07, 6.45) is 5.41. The molecule has 1 fully saturated rings. The van der Waals surface area contributed by atoms with Crippen molar-refractivity contribution >= 4 is 29.2 Å². The minimum absolute atomic E-state index is 0.00144. The second-order valence-electron chi connectivity index (χ2n) is 9.08. The normalized spacial score (nSPS) is 17.5. The number of rotatable bonds is 7. The van der Waals surface area contributed by atoms with Crippen LogP contribution in [0.25, 0.3) is 0 Å². The third-order valence-electron chi connectivity index (χ3n) is 6.85. The van der Waals surface area contributed by atoms with Gasteiger partial charge in [-0.05, 0) is 44.2 Å². The van der Waals surface area contributed by atoms with Crippen molar-refractivity contribution in [3.05, 3.63) is 47.5 Å². The molecule has 1 heterocycles. The monoisotopic (exact) mass is 480 g/mol. The number of esters is 1. The number of benzene rings is 2. The fourth-order valence-corrected chi connectivity index (χ4v) is 4.92. The average Bonchev–Trinajstić information content (AvgIpc) is 3.42. The van der Waals surface area contributed by atoms with Crippen molar-refractivity contribution in [1.29, 1.82) is 0 Å². The summed E-state index contributed by atoms with van der Waals surface area (Å²) < 4.78 is 16.1. The highest BCUT2D eigenvalue weighted by atomic mass is 16.5. The zero-order valence-electron chi connectivity index (χ0n) is 20.5. The van der Waals surface area contributed by atoms with Crippen LogP contribution in [0.2, 0.25) is 0 Å². The van der Waals surface area contributed by atoms with E-state index in [0.717, 1.165) is 49.8 Å². The maximum Gasteiger partial charge on any atom is 0.340 e. The summed E-state index contributed by atoms with van der Waals surface area (Å²) in [5, 5.41) is 2.86. The molecule has 4 rings (SSSR count). The van der Waals surface area contributed by atoms with E-state index in [1.165, 1.54) is 20.3 Å². The molecule has 35 heavy (non-hydrogen) atoms. The number of aryl methyl sites for hydroxylation is 1. The Morgan fingerprint density at radius 3 is 2.40 bits per heavy atom. The number of para-hydroxylation sites is 1. The summed E-state index contributed by atoms with van der Waals surface area (Å²) in [4.78, 5) is 40.7. The lowest BCUT2D eigenvalue weighted by Crippen LogP contribution is -2.44. The van der Waals surface area contributed by atoms with Crippen LogP contribution in [0.4, 0.5) is 11.4 Å². The predicted molar refractivity (Wildman–Crippen MR) is 132 cm³/mol. The van der Waals surface area contributed by atoms with E-state index >= 15 is 0 Å². The lowest BCUT2D eigenvalue weighted by Gasteiger charge is -2.35. The highest BCUT2D eigenvalue weighted by Crippen LogP contribution is 2.35. The molecule has 1 unspecified atom stereocenters. The van der Waals surface area contributed by atoms with Crippen LogP contribution >= 0.6 is 0 Å². The summed E-state index contributed by atoms with van der Waals surface area (Å²) in [6, 6.07) is 10.8. The number of amides is 2. The summed E-state index contributed by atoms with van der Waals surface area (Å²) in [7, 11) is 2.94. The quantitative estimate of drug-likeness (QED) is 0.592. The summed E-state index contributed by atoms with van der Waals surface area (Å²) >= 11 is 0. The van der Waals surface area contributed by atoms with Crippen LogP contribution in [0, 0.1) is 5.92 Å². The number of methoxy groups -OCH3 is 2. The summed E-state index contributed by atoms with van der Waals surface area (Å²) in [6.45, 7) is 1.57. The molecule has 0 bridgehead atoms. The van der Waals surface area contributed by atoms with Crippen molar-refractivity contribution in [2.75, 3.05) is 31.0 Å². The van der Waals surface area contributed by atoms with Gasteiger partial charge in [-0.25, -0.2) is 4.79 Å². The Hall–Kier alpha value is -3.55. The van der Waals surface area contributed by atoms with Gasteiger partial charge in [0.05, 0.1) is 25.5 Å². The molecule has 186 valence electrons. The van der Waals surface area contributed by atoms with Gasteiger partial charge in [-0.1, -0.05) is 31.0 Å². The molecule has 8 nitrogen and oxygen atoms in total. The fraction of sp³-hybridized carbons (Fsp3) is 0.444. The van der Waals surface area contributed by atoms with Gasteiger partial charge < -0.3 is 24.4 Å². The van der Waals surface area contributed by atoms with Gasteiger partial charge in [0.2, 0.25) is 5.91 Å². The second kappa shape index (κ2) is 10.8. The largest absolute Gasteiger partial charge is 0.493 e. The number of nitrogens with one attached hydrogen (secondary N) is 1. The van der Waals surface area contributed by atoms with E-state index in [-0.39, 0.29) is 35.0 Å². The van der Waals surface area contributed by atoms with Crippen LogP contribution in [0.1, 0.15) is 54.9 Å². The van der Waals surface area contributed by atoms with Gasteiger partial charge in [0, 0.05) is 29.8 Å². The van der Waals surface area contributed by atoms with E-state index in [1.807, 2.05) is 31.2 Å². The van der Waals surface area contributed by atoms with Crippen molar-refractivity contribution in [3.8, 4) is 11.5 Å². The van der Waals surface area contributed by atoms with Crippen molar-refractivity contribution in [3.63, 3.8) is 0 Å². The number of anilines is 2. The maximum absolute atomic E-state index is 13.1. The minimum atomic E-state index is -0.723. The van der Waals surface area contributed by atoms with Gasteiger partial charge in [0.25, 0.3) is 5.91 Å². The molecule has 0 saturated heterocycles. The average molecular weight is 481 g/mol. The third kappa shape index (κ3) is 5.26. The Kier molecular flexibility index (Phi) is 7.58.